The first kappa shape index (κ1) is 24.6. The van der Waals surface area contributed by atoms with E-state index >= 15 is 0 Å². The molecule has 1 saturated heterocycles. The highest BCUT2D eigenvalue weighted by molar-refractivity contribution is 14.0. The Morgan fingerprint density at radius 1 is 1.30 bits per heavy atom. The van der Waals surface area contributed by atoms with Crippen LogP contribution in [0.25, 0.3) is 0 Å². The minimum atomic E-state index is -0.491. The fraction of sp³-hybridized carbons (Fsp3) is 0.619. The van der Waals surface area contributed by atoms with Crippen LogP contribution in [0.2, 0.25) is 0 Å². The fourth-order valence-electron chi connectivity index (χ4n) is 3.69. The van der Waals surface area contributed by atoms with Gasteiger partial charge < -0.3 is 24.8 Å². The molecule has 168 valence electrons. The van der Waals surface area contributed by atoms with Gasteiger partial charge in [-0.25, -0.2) is 9.18 Å². The Morgan fingerprint density at radius 3 is 2.57 bits per heavy atom. The standard InChI is InChI=1S/C21H32FN5O2.HI/c1-21(2,3)29-20(28)26-10-11-27-17(14-26)12-23-19(27)24-13-18(25(4)5)15-6-8-16(22)9-7-15;/h6-9,17-18H,10-14H2,1-5H3,(H,23,24);1H. The predicted molar refractivity (Wildman–Crippen MR) is 127 cm³/mol. The Hall–Kier alpha value is -1.62. The Kier molecular flexibility index (Phi) is 8.32. The molecule has 3 rings (SSSR count). The van der Waals surface area contributed by atoms with Crippen molar-refractivity contribution in [1.29, 1.82) is 0 Å². The van der Waals surface area contributed by atoms with Gasteiger partial charge in [0.15, 0.2) is 5.96 Å². The van der Waals surface area contributed by atoms with Crippen molar-refractivity contribution in [3.8, 4) is 0 Å². The number of hydrogen-bond donors (Lipinski definition) is 1. The van der Waals surface area contributed by atoms with Gasteiger partial charge in [0.25, 0.3) is 0 Å². The number of amides is 1. The molecule has 9 heteroatoms. The van der Waals surface area contributed by atoms with Gasteiger partial charge in [0.2, 0.25) is 0 Å². The molecule has 1 N–H and O–H groups in total. The summed E-state index contributed by atoms with van der Waals surface area (Å²) in [7, 11) is 4.02. The number of benzene rings is 1. The molecular formula is C21H33FIN5O2. The molecule has 1 aromatic carbocycles. The van der Waals surface area contributed by atoms with Gasteiger partial charge in [-0.3, -0.25) is 4.99 Å². The van der Waals surface area contributed by atoms with Crippen LogP contribution < -0.4 is 5.32 Å². The molecule has 2 heterocycles. The van der Waals surface area contributed by atoms with Crippen molar-refractivity contribution in [3.05, 3.63) is 35.6 Å². The first-order valence-electron chi connectivity index (χ1n) is 10.1. The summed E-state index contributed by atoms with van der Waals surface area (Å²) in [5, 5.41) is 3.46. The zero-order valence-electron chi connectivity index (χ0n) is 18.4. The number of fused-ring (bicyclic) bond motifs is 1. The normalized spacial score (nSPS) is 19.7. The Morgan fingerprint density at radius 2 is 1.97 bits per heavy atom. The number of aliphatic imine (C=N–C) groups is 1. The maximum absolute atomic E-state index is 13.3. The number of likely N-dealkylation sites (N-methyl/N-ethyl adjacent to an activating group) is 1. The summed E-state index contributed by atoms with van der Waals surface area (Å²) >= 11 is 0. The van der Waals surface area contributed by atoms with E-state index in [4.69, 9.17) is 4.74 Å². The van der Waals surface area contributed by atoms with Crippen molar-refractivity contribution in [2.45, 2.75) is 38.5 Å². The molecule has 1 aromatic rings. The third kappa shape index (κ3) is 6.19. The first-order chi connectivity index (χ1) is 13.6. The lowest BCUT2D eigenvalue weighted by Crippen LogP contribution is -2.58. The molecule has 0 aromatic heterocycles. The van der Waals surface area contributed by atoms with Gasteiger partial charge >= 0.3 is 6.09 Å². The highest BCUT2D eigenvalue weighted by atomic mass is 127. The molecule has 0 radical (unpaired) electrons. The third-order valence-electron chi connectivity index (χ3n) is 5.19. The van der Waals surface area contributed by atoms with Crippen molar-refractivity contribution in [1.82, 2.24) is 20.0 Å². The number of carbonyl (C=O) groups excluding carboxylic acids is 1. The van der Waals surface area contributed by atoms with Gasteiger partial charge in [0.1, 0.15) is 11.4 Å². The van der Waals surface area contributed by atoms with Crippen LogP contribution in [0.3, 0.4) is 0 Å². The van der Waals surface area contributed by atoms with Gasteiger partial charge in [-0.05, 0) is 52.6 Å². The first-order valence-corrected chi connectivity index (χ1v) is 10.1. The number of nitrogens with zero attached hydrogens (tertiary/aromatic N) is 4. The fourth-order valence-corrected chi connectivity index (χ4v) is 3.69. The maximum atomic E-state index is 13.3. The number of halogens is 2. The minimum absolute atomic E-state index is 0. The Bertz CT molecular complexity index is 751. The van der Waals surface area contributed by atoms with Crippen LogP contribution in [0.1, 0.15) is 32.4 Å². The molecule has 2 atom stereocenters. The molecule has 1 amide bonds. The smallest absolute Gasteiger partial charge is 0.410 e. The predicted octanol–water partition coefficient (Wildman–Crippen LogP) is 2.93. The van der Waals surface area contributed by atoms with Crippen molar-refractivity contribution >= 4 is 36.0 Å². The van der Waals surface area contributed by atoms with E-state index in [9.17, 15) is 9.18 Å². The highest BCUT2D eigenvalue weighted by Gasteiger charge is 2.36. The van der Waals surface area contributed by atoms with Gasteiger partial charge in [-0.1, -0.05) is 12.1 Å². The number of ether oxygens (including phenoxy) is 1. The lowest BCUT2D eigenvalue weighted by molar-refractivity contribution is 0.0137. The van der Waals surface area contributed by atoms with Gasteiger partial charge in [-0.15, -0.1) is 24.0 Å². The van der Waals surface area contributed by atoms with Crippen LogP contribution >= 0.6 is 24.0 Å². The van der Waals surface area contributed by atoms with E-state index < -0.39 is 5.60 Å². The molecular weight excluding hydrogens is 500 g/mol. The molecule has 1 fully saturated rings. The largest absolute Gasteiger partial charge is 0.444 e. The van der Waals surface area contributed by atoms with Crippen molar-refractivity contribution in [2.24, 2.45) is 4.99 Å². The molecule has 2 aliphatic heterocycles. The van der Waals surface area contributed by atoms with Crippen LogP contribution in [0, 0.1) is 5.82 Å². The van der Waals surface area contributed by atoms with Crippen LogP contribution in [0.15, 0.2) is 29.3 Å². The Labute approximate surface area is 195 Å². The average molecular weight is 533 g/mol. The molecule has 2 unspecified atom stereocenters. The molecule has 2 aliphatic rings. The number of nitrogens with one attached hydrogen (secondary N) is 1. The summed E-state index contributed by atoms with van der Waals surface area (Å²) in [6.07, 6.45) is -0.262. The summed E-state index contributed by atoms with van der Waals surface area (Å²) < 4.78 is 18.8. The maximum Gasteiger partial charge on any atom is 0.410 e. The second kappa shape index (κ2) is 10.1. The lowest BCUT2D eigenvalue weighted by atomic mass is 10.1. The minimum Gasteiger partial charge on any atom is -0.444 e. The van der Waals surface area contributed by atoms with E-state index in [0.717, 1.165) is 18.1 Å². The van der Waals surface area contributed by atoms with Gasteiger partial charge in [-0.2, -0.15) is 0 Å². The summed E-state index contributed by atoms with van der Waals surface area (Å²) in [6, 6.07) is 6.89. The molecule has 0 bridgehead atoms. The number of carbonyl (C=O) groups is 1. The van der Waals surface area contributed by atoms with Crippen LogP contribution in [0.4, 0.5) is 9.18 Å². The number of guanidine groups is 1. The SMILES string of the molecule is CN(C)C(CNC1=NCC2CN(C(=O)OC(C)(C)C)CCN12)c1ccc(F)cc1.I. The summed E-state index contributed by atoms with van der Waals surface area (Å²) in [6.45, 7) is 8.90. The summed E-state index contributed by atoms with van der Waals surface area (Å²) in [5.74, 6) is 0.637. The van der Waals surface area contributed by atoms with E-state index in [1.807, 2.05) is 47.0 Å². The molecule has 0 saturated carbocycles. The average Bonchev–Trinajstić information content (AvgIpc) is 3.04. The molecule has 7 nitrogen and oxygen atoms in total. The number of hydrogen-bond acceptors (Lipinski definition) is 6. The van der Waals surface area contributed by atoms with E-state index in [-0.39, 0.29) is 48.0 Å². The zero-order valence-corrected chi connectivity index (χ0v) is 20.7. The topological polar surface area (TPSA) is 60.4 Å². The van der Waals surface area contributed by atoms with Crippen molar-refractivity contribution in [2.75, 3.05) is 46.8 Å². The Balaban J connectivity index is 0.00000320. The number of piperazine rings is 1. The number of rotatable bonds is 4. The molecule has 30 heavy (non-hydrogen) atoms. The lowest BCUT2D eigenvalue weighted by Gasteiger charge is -2.39. The third-order valence-corrected chi connectivity index (χ3v) is 5.19. The van der Waals surface area contributed by atoms with Crippen LogP contribution in [0.5, 0.6) is 0 Å². The van der Waals surface area contributed by atoms with Crippen molar-refractivity contribution < 1.29 is 13.9 Å². The van der Waals surface area contributed by atoms with Gasteiger partial charge in [0.05, 0.1) is 18.6 Å². The quantitative estimate of drug-likeness (QED) is 0.604. The van der Waals surface area contributed by atoms with E-state index in [2.05, 4.69) is 20.1 Å². The summed E-state index contributed by atoms with van der Waals surface area (Å²) in [5.41, 5.74) is 0.558. The zero-order chi connectivity index (χ0) is 21.2. The summed E-state index contributed by atoms with van der Waals surface area (Å²) in [4.78, 5) is 23.1. The van der Waals surface area contributed by atoms with Gasteiger partial charge in [0, 0.05) is 26.2 Å². The highest BCUT2D eigenvalue weighted by Crippen LogP contribution is 2.21. The van der Waals surface area contributed by atoms with E-state index in [0.29, 0.717) is 26.2 Å². The second-order valence-electron chi connectivity index (χ2n) is 8.85. The molecule has 0 aliphatic carbocycles. The van der Waals surface area contributed by atoms with Crippen LogP contribution in [-0.4, -0.2) is 85.2 Å². The van der Waals surface area contributed by atoms with E-state index in [1.54, 1.807) is 4.90 Å². The molecule has 0 spiro atoms. The van der Waals surface area contributed by atoms with E-state index in [1.165, 1.54) is 12.1 Å². The monoisotopic (exact) mass is 533 g/mol. The second-order valence-corrected chi connectivity index (χ2v) is 8.85. The van der Waals surface area contributed by atoms with Crippen molar-refractivity contribution in [3.63, 3.8) is 0 Å². The van der Waals surface area contributed by atoms with Crippen LogP contribution in [-0.2, 0) is 4.74 Å².